The number of carbonyl (C=O) groups is 1. The van der Waals surface area contributed by atoms with Gasteiger partial charge in [-0.15, -0.1) is 5.10 Å². The zero-order chi connectivity index (χ0) is 14.0. The van der Waals surface area contributed by atoms with Crippen molar-refractivity contribution in [1.82, 2.24) is 19.9 Å². The molecule has 1 fully saturated rings. The van der Waals surface area contributed by atoms with Gasteiger partial charge >= 0.3 is 0 Å². The van der Waals surface area contributed by atoms with Gasteiger partial charge in [-0.05, 0) is 40.0 Å². The molecule has 2 heterocycles. The third-order valence-corrected chi connectivity index (χ3v) is 3.62. The Labute approximate surface area is 113 Å². The van der Waals surface area contributed by atoms with E-state index in [0.29, 0.717) is 11.7 Å². The third-order valence-electron chi connectivity index (χ3n) is 3.62. The fourth-order valence-electron chi connectivity index (χ4n) is 2.37. The highest BCUT2D eigenvalue weighted by atomic mass is 16.2. The summed E-state index contributed by atoms with van der Waals surface area (Å²) in [5, 5.41) is 8.00. The monoisotopic (exact) mass is 265 g/mol. The van der Waals surface area contributed by atoms with Crippen LogP contribution in [0.1, 0.15) is 45.7 Å². The number of nitrogens with two attached hydrogens (primary N) is 1. The molecule has 1 aromatic heterocycles. The molecule has 1 amide bonds. The van der Waals surface area contributed by atoms with Crippen molar-refractivity contribution >= 4 is 5.91 Å². The number of aromatic nitrogens is 3. The Bertz CT molecular complexity index is 448. The van der Waals surface area contributed by atoms with E-state index >= 15 is 0 Å². The van der Waals surface area contributed by atoms with Crippen molar-refractivity contribution in [2.75, 3.05) is 6.54 Å². The molecule has 0 bridgehead atoms. The number of hydrogen-bond acceptors (Lipinski definition) is 4. The molecular formula is C13H23N5O. The molecule has 1 unspecified atom stereocenters. The minimum Gasteiger partial charge on any atom is -0.338 e. The molecule has 106 valence electrons. The number of likely N-dealkylation sites (tertiary alicyclic amines) is 1. The van der Waals surface area contributed by atoms with E-state index in [9.17, 15) is 4.79 Å². The van der Waals surface area contributed by atoms with E-state index in [4.69, 9.17) is 5.73 Å². The van der Waals surface area contributed by atoms with Gasteiger partial charge in [0, 0.05) is 12.6 Å². The lowest BCUT2D eigenvalue weighted by molar-refractivity contribution is -0.135. The van der Waals surface area contributed by atoms with Gasteiger partial charge in [-0.25, -0.2) is 4.68 Å². The van der Waals surface area contributed by atoms with Crippen LogP contribution in [0.15, 0.2) is 6.20 Å². The molecule has 2 N–H and O–H groups in total. The molecule has 0 saturated carbocycles. The van der Waals surface area contributed by atoms with Gasteiger partial charge in [-0.1, -0.05) is 5.21 Å². The SMILES string of the molecule is CC1CCCCN1C(=O)Cn1cc(C(C)(C)N)nn1. The minimum absolute atomic E-state index is 0.110. The molecule has 0 aromatic carbocycles. The lowest BCUT2D eigenvalue weighted by atomic mass is 10.0. The van der Waals surface area contributed by atoms with Gasteiger partial charge in [0.1, 0.15) is 12.2 Å². The normalized spacial score (nSPS) is 20.6. The molecule has 1 saturated heterocycles. The zero-order valence-corrected chi connectivity index (χ0v) is 12.0. The quantitative estimate of drug-likeness (QED) is 0.880. The summed E-state index contributed by atoms with van der Waals surface area (Å²) in [6.07, 6.45) is 5.14. The molecule has 1 aliphatic rings. The Morgan fingerprint density at radius 2 is 2.26 bits per heavy atom. The van der Waals surface area contributed by atoms with Gasteiger partial charge in [0.25, 0.3) is 0 Å². The van der Waals surface area contributed by atoms with Gasteiger partial charge in [0.05, 0.1) is 11.7 Å². The lowest BCUT2D eigenvalue weighted by Gasteiger charge is -2.33. The van der Waals surface area contributed by atoms with E-state index in [1.807, 2.05) is 18.7 Å². The second kappa shape index (κ2) is 5.28. The highest BCUT2D eigenvalue weighted by molar-refractivity contribution is 5.76. The van der Waals surface area contributed by atoms with Gasteiger partial charge in [0.2, 0.25) is 5.91 Å². The van der Waals surface area contributed by atoms with Crippen LogP contribution in [0.25, 0.3) is 0 Å². The average Bonchev–Trinajstić information content (AvgIpc) is 2.77. The minimum atomic E-state index is -0.528. The van der Waals surface area contributed by atoms with Gasteiger partial charge in [0.15, 0.2) is 0 Å². The van der Waals surface area contributed by atoms with E-state index in [0.717, 1.165) is 19.4 Å². The van der Waals surface area contributed by atoms with Crippen LogP contribution < -0.4 is 5.73 Å². The predicted molar refractivity (Wildman–Crippen MR) is 72.3 cm³/mol. The standard InChI is InChI=1S/C13H23N5O/c1-10-6-4-5-7-18(10)12(19)9-17-8-11(15-16-17)13(2,3)14/h8,10H,4-7,9,14H2,1-3H3. The Balaban J connectivity index is 2.00. The highest BCUT2D eigenvalue weighted by Crippen LogP contribution is 2.17. The zero-order valence-electron chi connectivity index (χ0n) is 12.0. The van der Waals surface area contributed by atoms with Crippen LogP contribution in [0.5, 0.6) is 0 Å². The number of nitrogens with zero attached hydrogens (tertiary/aromatic N) is 4. The first kappa shape index (κ1) is 14.0. The van der Waals surface area contributed by atoms with Crippen molar-refractivity contribution in [3.63, 3.8) is 0 Å². The summed E-state index contributed by atoms with van der Waals surface area (Å²) in [5.74, 6) is 0.110. The van der Waals surface area contributed by atoms with E-state index in [1.54, 1.807) is 10.9 Å². The van der Waals surface area contributed by atoms with Gasteiger partial charge in [-0.2, -0.15) is 0 Å². The van der Waals surface area contributed by atoms with Crippen LogP contribution in [0, 0.1) is 0 Å². The van der Waals surface area contributed by atoms with Crippen LogP contribution >= 0.6 is 0 Å². The first-order valence-corrected chi connectivity index (χ1v) is 6.87. The van der Waals surface area contributed by atoms with Crippen molar-refractivity contribution < 1.29 is 4.79 Å². The third kappa shape index (κ3) is 3.32. The van der Waals surface area contributed by atoms with Gasteiger partial charge in [-0.3, -0.25) is 4.79 Å². The maximum absolute atomic E-state index is 12.2. The van der Waals surface area contributed by atoms with E-state index in [2.05, 4.69) is 17.2 Å². The van der Waals surface area contributed by atoms with E-state index < -0.39 is 5.54 Å². The maximum Gasteiger partial charge on any atom is 0.244 e. The maximum atomic E-state index is 12.2. The number of carbonyl (C=O) groups excluding carboxylic acids is 1. The van der Waals surface area contributed by atoms with Crippen molar-refractivity contribution in [2.24, 2.45) is 5.73 Å². The smallest absolute Gasteiger partial charge is 0.244 e. The topological polar surface area (TPSA) is 77.0 Å². The van der Waals surface area contributed by atoms with Crippen molar-refractivity contribution in [3.8, 4) is 0 Å². The second-order valence-corrected chi connectivity index (χ2v) is 5.95. The molecule has 1 aliphatic heterocycles. The number of piperidine rings is 1. The average molecular weight is 265 g/mol. The number of rotatable bonds is 3. The molecule has 0 radical (unpaired) electrons. The van der Waals surface area contributed by atoms with Crippen molar-refractivity contribution in [2.45, 2.75) is 58.2 Å². The van der Waals surface area contributed by atoms with Crippen LogP contribution in [-0.2, 0) is 16.9 Å². The fraction of sp³-hybridized carbons (Fsp3) is 0.769. The summed E-state index contributed by atoms with van der Waals surface area (Å²) in [7, 11) is 0. The molecule has 1 aromatic rings. The first-order chi connectivity index (χ1) is 8.88. The second-order valence-electron chi connectivity index (χ2n) is 5.95. The largest absolute Gasteiger partial charge is 0.338 e. The van der Waals surface area contributed by atoms with Crippen molar-refractivity contribution in [1.29, 1.82) is 0 Å². The molecule has 19 heavy (non-hydrogen) atoms. The molecule has 0 spiro atoms. The number of hydrogen-bond donors (Lipinski definition) is 1. The van der Waals surface area contributed by atoms with Crippen molar-refractivity contribution in [3.05, 3.63) is 11.9 Å². The first-order valence-electron chi connectivity index (χ1n) is 6.87. The van der Waals surface area contributed by atoms with E-state index in [1.165, 1.54) is 6.42 Å². The molecular weight excluding hydrogens is 242 g/mol. The Morgan fingerprint density at radius 1 is 1.53 bits per heavy atom. The molecule has 2 rings (SSSR count). The number of amides is 1. The summed E-state index contributed by atoms with van der Waals surface area (Å²) in [5.41, 5.74) is 6.13. The highest BCUT2D eigenvalue weighted by Gasteiger charge is 2.24. The molecule has 1 atom stereocenters. The van der Waals surface area contributed by atoms with E-state index in [-0.39, 0.29) is 12.5 Å². The van der Waals surface area contributed by atoms with Crippen LogP contribution in [-0.4, -0.2) is 38.4 Å². The Hall–Kier alpha value is -1.43. The Kier molecular flexibility index (Phi) is 3.89. The molecule has 6 heteroatoms. The Morgan fingerprint density at radius 3 is 2.84 bits per heavy atom. The van der Waals surface area contributed by atoms with Crippen LogP contribution in [0.4, 0.5) is 0 Å². The summed E-state index contributed by atoms with van der Waals surface area (Å²) in [4.78, 5) is 14.2. The lowest BCUT2D eigenvalue weighted by Crippen LogP contribution is -2.43. The summed E-state index contributed by atoms with van der Waals surface area (Å²) < 4.78 is 1.58. The van der Waals surface area contributed by atoms with Gasteiger partial charge < -0.3 is 10.6 Å². The predicted octanol–water partition coefficient (Wildman–Crippen LogP) is 0.873. The summed E-state index contributed by atoms with van der Waals surface area (Å²) in [6, 6.07) is 0.329. The summed E-state index contributed by atoms with van der Waals surface area (Å²) in [6.45, 7) is 6.94. The van der Waals surface area contributed by atoms with Crippen LogP contribution in [0.2, 0.25) is 0 Å². The summed E-state index contributed by atoms with van der Waals surface area (Å²) >= 11 is 0. The molecule has 0 aliphatic carbocycles. The fourth-order valence-corrected chi connectivity index (χ4v) is 2.37. The molecule has 6 nitrogen and oxygen atoms in total. The van der Waals surface area contributed by atoms with Crippen LogP contribution in [0.3, 0.4) is 0 Å².